The standard InChI is InChI=1S/C17H25FN2/c18-15-10-14(11-16(19)12-15)13-20-8-6-17(7-9-20)4-2-1-3-5-17/h10-12H,1-9,13,19H2. The molecular formula is C17H25FN2. The molecule has 0 atom stereocenters. The van der Waals surface area contributed by atoms with E-state index in [0.29, 0.717) is 11.1 Å². The van der Waals surface area contributed by atoms with Gasteiger partial charge in [-0.1, -0.05) is 19.3 Å². The van der Waals surface area contributed by atoms with Gasteiger partial charge in [-0.25, -0.2) is 4.39 Å². The maximum Gasteiger partial charge on any atom is 0.125 e. The van der Waals surface area contributed by atoms with Crippen LogP contribution in [0.3, 0.4) is 0 Å². The molecule has 2 fully saturated rings. The lowest BCUT2D eigenvalue weighted by molar-refractivity contribution is 0.0641. The van der Waals surface area contributed by atoms with E-state index >= 15 is 0 Å². The van der Waals surface area contributed by atoms with Crippen molar-refractivity contribution in [2.75, 3.05) is 18.8 Å². The Morgan fingerprint density at radius 3 is 2.35 bits per heavy atom. The molecule has 3 rings (SSSR count). The highest BCUT2D eigenvalue weighted by Crippen LogP contribution is 2.44. The zero-order valence-corrected chi connectivity index (χ0v) is 12.2. The van der Waals surface area contributed by atoms with Gasteiger partial charge < -0.3 is 5.73 Å². The summed E-state index contributed by atoms with van der Waals surface area (Å²) >= 11 is 0. The third kappa shape index (κ3) is 3.14. The predicted molar refractivity (Wildman–Crippen MR) is 80.8 cm³/mol. The van der Waals surface area contributed by atoms with Crippen LogP contribution in [0, 0.1) is 11.2 Å². The fraction of sp³-hybridized carbons (Fsp3) is 0.647. The molecule has 110 valence electrons. The van der Waals surface area contributed by atoms with E-state index in [4.69, 9.17) is 5.73 Å². The summed E-state index contributed by atoms with van der Waals surface area (Å²) in [5.74, 6) is -0.222. The summed E-state index contributed by atoms with van der Waals surface area (Å²) in [5.41, 5.74) is 7.88. The molecule has 3 heteroatoms. The van der Waals surface area contributed by atoms with Crippen LogP contribution in [0.5, 0.6) is 0 Å². The van der Waals surface area contributed by atoms with E-state index in [2.05, 4.69) is 4.90 Å². The minimum Gasteiger partial charge on any atom is -0.399 e. The van der Waals surface area contributed by atoms with Crippen LogP contribution in [0.2, 0.25) is 0 Å². The zero-order valence-electron chi connectivity index (χ0n) is 12.2. The van der Waals surface area contributed by atoms with E-state index in [1.807, 2.05) is 6.07 Å². The van der Waals surface area contributed by atoms with Crippen LogP contribution < -0.4 is 5.73 Å². The topological polar surface area (TPSA) is 29.3 Å². The normalized spacial score (nSPS) is 23.1. The maximum absolute atomic E-state index is 13.4. The second kappa shape index (κ2) is 5.72. The molecule has 0 bridgehead atoms. The summed E-state index contributed by atoms with van der Waals surface area (Å²) in [4.78, 5) is 2.45. The van der Waals surface area contributed by atoms with Crippen LogP contribution in [0.25, 0.3) is 0 Å². The summed E-state index contributed by atoms with van der Waals surface area (Å²) < 4.78 is 13.4. The molecular weight excluding hydrogens is 251 g/mol. The number of piperidine rings is 1. The second-order valence-corrected chi connectivity index (χ2v) is 6.73. The summed E-state index contributed by atoms with van der Waals surface area (Å²) in [6, 6.07) is 4.89. The zero-order chi connectivity index (χ0) is 14.0. The van der Waals surface area contributed by atoms with Gasteiger partial charge in [0.1, 0.15) is 5.82 Å². The van der Waals surface area contributed by atoms with Crippen molar-refractivity contribution in [3.8, 4) is 0 Å². The number of nitrogens with two attached hydrogens (primary N) is 1. The Hall–Kier alpha value is -1.09. The van der Waals surface area contributed by atoms with Gasteiger partial charge in [-0.15, -0.1) is 0 Å². The van der Waals surface area contributed by atoms with E-state index in [1.54, 1.807) is 6.07 Å². The van der Waals surface area contributed by atoms with Crippen molar-refractivity contribution in [3.05, 3.63) is 29.6 Å². The molecule has 0 amide bonds. The fourth-order valence-corrected chi connectivity index (χ4v) is 4.01. The van der Waals surface area contributed by atoms with Gasteiger partial charge in [0.2, 0.25) is 0 Å². The van der Waals surface area contributed by atoms with Crippen molar-refractivity contribution < 1.29 is 4.39 Å². The molecule has 0 aromatic heterocycles. The molecule has 1 aromatic carbocycles. The highest BCUT2D eigenvalue weighted by Gasteiger charge is 2.35. The Kier molecular flexibility index (Phi) is 3.97. The summed E-state index contributed by atoms with van der Waals surface area (Å²) in [5, 5.41) is 0. The van der Waals surface area contributed by atoms with Gasteiger partial charge in [0.15, 0.2) is 0 Å². The van der Waals surface area contributed by atoms with Crippen molar-refractivity contribution >= 4 is 5.69 Å². The number of anilines is 1. The third-order valence-corrected chi connectivity index (χ3v) is 5.22. The van der Waals surface area contributed by atoms with E-state index in [0.717, 1.165) is 25.2 Å². The quantitative estimate of drug-likeness (QED) is 0.829. The molecule has 1 aliphatic carbocycles. The largest absolute Gasteiger partial charge is 0.399 e. The Morgan fingerprint density at radius 1 is 1.00 bits per heavy atom. The van der Waals surface area contributed by atoms with Crippen LogP contribution in [0.4, 0.5) is 10.1 Å². The number of likely N-dealkylation sites (tertiary alicyclic amines) is 1. The number of hydrogen-bond donors (Lipinski definition) is 1. The predicted octanol–water partition coefficient (Wildman–Crippen LogP) is 3.95. The molecule has 1 saturated heterocycles. The van der Waals surface area contributed by atoms with Crippen LogP contribution in [-0.2, 0) is 6.54 Å². The molecule has 1 spiro atoms. The molecule has 1 saturated carbocycles. The number of hydrogen-bond acceptors (Lipinski definition) is 2. The molecule has 20 heavy (non-hydrogen) atoms. The van der Waals surface area contributed by atoms with Crippen molar-refractivity contribution in [2.45, 2.75) is 51.5 Å². The first-order valence-electron chi connectivity index (χ1n) is 7.93. The molecule has 2 nitrogen and oxygen atoms in total. The molecule has 0 radical (unpaired) electrons. The number of rotatable bonds is 2. The first-order valence-corrected chi connectivity index (χ1v) is 7.93. The van der Waals surface area contributed by atoms with Gasteiger partial charge in [0.05, 0.1) is 0 Å². The number of benzene rings is 1. The van der Waals surface area contributed by atoms with Crippen molar-refractivity contribution in [2.24, 2.45) is 5.41 Å². The van der Waals surface area contributed by atoms with Gasteiger partial charge in [-0.05, 0) is 68.0 Å². The molecule has 2 aliphatic rings. The Labute approximate surface area is 121 Å². The highest BCUT2D eigenvalue weighted by atomic mass is 19.1. The number of nitrogens with zero attached hydrogens (tertiary/aromatic N) is 1. The van der Waals surface area contributed by atoms with E-state index in [1.165, 1.54) is 51.0 Å². The van der Waals surface area contributed by atoms with Crippen molar-refractivity contribution in [1.29, 1.82) is 0 Å². The van der Waals surface area contributed by atoms with E-state index in [9.17, 15) is 4.39 Å². The minimum atomic E-state index is -0.222. The Balaban J connectivity index is 1.58. The lowest BCUT2D eigenvalue weighted by Crippen LogP contribution is -2.40. The van der Waals surface area contributed by atoms with Gasteiger partial charge in [-0.2, -0.15) is 0 Å². The fourth-order valence-electron chi connectivity index (χ4n) is 4.01. The number of nitrogen functional groups attached to an aromatic ring is 1. The summed E-state index contributed by atoms with van der Waals surface area (Å²) in [6.45, 7) is 3.13. The molecule has 1 aromatic rings. The SMILES string of the molecule is Nc1cc(F)cc(CN2CCC3(CCCCC3)CC2)c1. The lowest BCUT2D eigenvalue weighted by atomic mass is 9.68. The second-order valence-electron chi connectivity index (χ2n) is 6.73. The van der Waals surface area contributed by atoms with Crippen LogP contribution in [0.15, 0.2) is 18.2 Å². The van der Waals surface area contributed by atoms with Gasteiger partial charge in [0, 0.05) is 12.2 Å². The Morgan fingerprint density at radius 2 is 1.70 bits per heavy atom. The van der Waals surface area contributed by atoms with Crippen LogP contribution in [0.1, 0.15) is 50.5 Å². The molecule has 1 heterocycles. The monoisotopic (exact) mass is 276 g/mol. The van der Waals surface area contributed by atoms with E-state index in [-0.39, 0.29) is 5.82 Å². The lowest BCUT2D eigenvalue weighted by Gasteiger charge is -2.44. The summed E-state index contributed by atoms with van der Waals surface area (Å²) in [6.07, 6.45) is 9.74. The van der Waals surface area contributed by atoms with E-state index < -0.39 is 0 Å². The smallest absolute Gasteiger partial charge is 0.125 e. The first-order chi connectivity index (χ1) is 9.65. The van der Waals surface area contributed by atoms with Gasteiger partial charge in [-0.3, -0.25) is 4.90 Å². The average Bonchev–Trinajstić information content (AvgIpc) is 2.42. The maximum atomic E-state index is 13.4. The van der Waals surface area contributed by atoms with Gasteiger partial charge >= 0.3 is 0 Å². The molecule has 1 aliphatic heterocycles. The Bertz CT molecular complexity index is 436. The van der Waals surface area contributed by atoms with Crippen LogP contribution >= 0.6 is 0 Å². The average molecular weight is 276 g/mol. The number of halogens is 1. The van der Waals surface area contributed by atoms with Crippen molar-refractivity contribution in [3.63, 3.8) is 0 Å². The summed E-state index contributed by atoms with van der Waals surface area (Å²) in [7, 11) is 0. The van der Waals surface area contributed by atoms with Gasteiger partial charge in [0.25, 0.3) is 0 Å². The first kappa shape index (κ1) is 13.9. The highest BCUT2D eigenvalue weighted by molar-refractivity contribution is 5.41. The third-order valence-electron chi connectivity index (χ3n) is 5.22. The molecule has 2 N–H and O–H groups in total. The minimum absolute atomic E-state index is 0.222. The van der Waals surface area contributed by atoms with Crippen molar-refractivity contribution in [1.82, 2.24) is 4.90 Å². The van der Waals surface area contributed by atoms with Crippen LogP contribution in [-0.4, -0.2) is 18.0 Å². The molecule has 0 unspecified atom stereocenters.